The number of thiophene rings is 1. The maximum absolute atomic E-state index is 14.0. The first-order chi connectivity index (χ1) is 9.08. The number of hydrogen-bond donors (Lipinski definition) is 1. The predicted molar refractivity (Wildman–Crippen MR) is 72.8 cm³/mol. The fourth-order valence-electron chi connectivity index (χ4n) is 1.91. The van der Waals surface area contributed by atoms with Gasteiger partial charge >= 0.3 is 5.97 Å². The van der Waals surface area contributed by atoms with Crippen LogP contribution in [0.5, 0.6) is 0 Å². The van der Waals surface area contributed by atoms with Gasteiger partial charge in [-0.15, -0.1) is 0 Å². The van der Waals surface area contributed by atoms with Crippen molar-refractivity contribution in [3.05, 3.63) is 57.5 Å². The molecule has 0 aliphatic rings. The number of aromatic carboxylic acids is 1. The molecule has 0 fully saturated rings. The molecule has 1 aromatic heterocycles. The SMILES string of the molecule is CN(Cc1ccsc1)Cc1cccc(C(=O)O)c1F. The van der Waals surface area contributed by atoms with Crippen LogP contribution in [0.4, 0.5) is 4.39 Å². The molecular weight excluding hydrogens is 265 g/mol. The standard InChI is InChI=1S/C14H14FNO2S/c1-16(7-10-5-6-19-9-10)8-11-3-2-4-12(13(11)15)14(17)18/h2-6,9H,7-8H2,1H3,(H,17,18). The summed E-state index contributed by atoms with van der Waals surface area (Å²) in [5.74, 6) is -1.88. The number of hydrogen-bond acceptors (Lipinski definition) is 3. The Balaban J connectivity index is 2.10. The molecule has 19 heavy (non-hydrogen) atoms. The monoisotopic (exact) mass is 279 g/mol. The summed E-state index contributed by atoms with van der Waals surface area (Å²) in [5, 5.41) is 12.9. The van der Waals surface area contributed by atoms with Gasteiger partial charge in [-0.05, 0) is 35.5 Å². The lowest BCUT2D eigenvalue weighted by Crippen LogP contribution is -2.18. The number of carbonyl (C=O) groups is 1. The lowest BCUT2D eigenvalue weighted by molar-refractivity contribution is 0.0691. The second-order valence-electron chi connectivity index (χ2n) is 4.39. The summed E-state index contributed by atoms with van der Waals surface area (Å²) < 4.78 is 14.0. The Morgan fingerprint density at radius 1 is 1.37 bits per heavy atom. The van der Waals surface area contributed by atoms with E-state index in [1.807, 2.05) is 28.8 Å². The highest BCUT2D eigenvalue weighted by Gasteiger charge is 2.14. The second kappa shape index (κ2) is 5.95. The lowest BCUT2D eigenvalue weighted by Gasteiger charge is -2.16. The highest BCUT2D eigenvalue weighted by atomic mass is 32.1. The Hall–Kier alpha value is -1.72. The van der Waals surface area contributed by atoms with Crippen LogP contribution in [0.3, 0.4) is 0 Å². The van der Waals surface area contributed by atoms with Gasteiger partial charge in [0.25, 0.3) is 0 Å². The number of rotatable bonds is 5. The van der Waals surface area contributed by atoms with Crippen molar-refractivity contribution in [3.63, 3.8) is 0 Å². The molecule has 0 amide bonds. The summed E-state index contributed by atoms with van der Waals surface area (Å²) in [4.78, 5) is 12.8. The molecule has 0 saturated carbocycles. The predicted octanol–water partition coefficient (Wildman–Crippen LogP) is 3.22. The molecule has 0 saturated heterocycles. The second-order valence-corrected chi connectivity index (χ2v) is 5.17. The molecule has 3 nitrogen and oxygen atoms in total. The zero-order valence-electron chi connectivity index (χ0n) is 10.5. The van der Waals surface area contributed by atoms with Crippen LogP contribution in [0.15, 0.2) is 35.0 Å². The Morgan fingerprint density at radius 3 is 2.79 bits per heavy atom. The Bertz CT molecular complexity index is 569. The average molecular weight is 279 g/mol. The van der Waals surface area contributed by atoms with Gasteiger partial charge in [-0.2, -0.15) is 11.3 Å². The zero-order valence-corrected chi connectivity index (χ0v) is 11.3. The van der Waals surface area contributed by atoms with E-state index in [-0.39, 0.29) is 5.56 Å². The van der Waals surface area contributed by atoms with Gasteiger partial charge in [0, 0.05) is 18.7 Å². The molecule has 1 N–H and O–H groups in total. The van der Waals surface area contributed by atoms with Gasteiger partial charge in [-0.3, -0.25) is 4.90 Å². The number of benzene rings is 1. The van der Waals surface area contributed by atoms with Gasteiger partial charge in [-0.25, -0.2) is 9.18 Å². The van der Waals surface area contributed by atoms with E-state index in [0.717, 1.165) is 0 Å². The summed E-state index contributed by atoms with van der Waals surface area (Å²) in [6, 6.07) is 6.48. The number of carboxylic acid groups (broad SMARTS) is 1. The van der Waals surface area contributed by atoms with Gasteiger partial charge in [-0.1, -0.05) is 12.1 Å². The van der Waals surface area contributed by atoms with Crippen molar-refractivity contribution >= 4 is 17.3 Å². The van der Waals surface area contributed by atoms with Crippen LogP contribution >= 0.6 is 11.3 Å². The van der Waals surface area contributed by atoms with Gasteiger partial charge in [0.15, 0.2) is 0 Å². The molecular formula is C14H14FNO2S. The Kier molecular flexibility index (Phi) is 4.29. The normalized spacial score (nSPS) is 10.9. The molecule has 0 radical (unpaired) electrons. The van der Waals surface area contributed by atoms with Crippen molar-refractivity contribution in [2.75, 3.05) is 7.05 Å². The van der Waals surface area contributed by atoms with E-state index in [1.165, 1.54) is 11.6 Å². The number of carboxylic acids is 1. The molecule has 2 aromatic rings. The van der Waals surface area contributed by atoms with Crippen LogP contribution in [-0.4, -0.2) is 23.0 Å². The molecule has 1 heterocycles. The van der Waals surface area contributed by atoms with Crippen molar-refractivity contribution in [3.8, 4) is 0 Å². The molecule has 2 rings (SSSR count). The largest absolute Gasteiger partial charge is 0.478 e. The molecule has 0 aliphatic carbocycles. The minimum absolute atomic E-state index is 0.276. The Labute approximate surface area is 114 Å². The van der Waals surface area contributed by atoms with Crippen molar-refractivity contribution in [2.24, 2.45) is 0 Å². The smallest absolute Gasteiger partial charge is 0.338 e. The lowest BCUT2D eigenvalue weighted by atomic mass is 10.1. The summed E-state index contributed by atoms with van der Waals surface area (Å²) >= 11 is 1.62. The van der Waals surface area contributed by atoms with Gasteiger partial charge in [0.05, 0.1) is 5.56 Å². The maximum atomic E-state index is 14.0. The third kappa shape index (κ3) is 3.39. The fourth-order valence-corrected chi connectivity index (χ4v) is 2.57. The average Bonchev–Trinajstić information content (AvgIpc) is 2.84. The highest BCUT2D eigenvalue weighted by molar-refractivity contribution is 7.07. The third-order valence-electron chi connectivity index (χ3n) is 2.78. The fraction of sp³-hybridized carbons (Fsp3) is 0.214. The first kappa shape index (κ1) is 13.7. The Morgan fingerprint density at radius 2 is 2.16 bits per heavy atom. The van der Waals surface area contributed by atoms with Crippen LogP contribution in [0.25, 0.3) is 0 Å². The van der Waals surface area contributed by atoms with E-state index in [1.54, 1.807) is 23.5 Å². The van der Waals surface area contributed by atoms with E-state index in [2.05, 4.69) is 0 Å². The van der Waals surface area contributed by atoms with E-state index in [0.29, 0.717) is 18.7 Å². The van der Waals surface area contributed by atoms with Crippen molar-refractivity contribution in [1.82, 2.24) is 4.90 Å². The van der Waals surface area contributed by atoms with E-state index < -0.39 is 11.8 Å². The van der Waals surface area contributed by atoms with Crippen molar-refractivity contribution in [2.45, 2.75) is 13.1 Å². The molecule has 100 valence electrons. The van der Waals surface area contributed by atoms with Crippen LogP contribution < -0.4 is 0 Å². The molecule has 0 bridgehead atoms. The topological polar surface area (TPSA) is 40.5 Å². The molecule has 1 aromatic carbocycles. The van der Waals surface area contributed by atoms with E-state index in [4.69, 9.17) is 5.11 Å². The van der Waals surface area contributed by atoms with Crippen molar-refractivity contribution < 1.29 is 14.3 Å². The quantitative estimate of drug-likeness (QED) is 0.913. The first-order valence-corrected chi connectivity index (χ1v) is 6.72. The molecule has 0 aliphatic heterocycles. The third-order valence-corrected chi connectivity index (χ3v) is 3.51. The van der Waals surface area contributed by atoms with Crippen LogP contribution in [0.1, 0.15) is 21.5 Å². The molecule has 5 heteroatoms. The minimum Gasteiger partial charge on any atom is -0.478 e. The van der Waals surface area contributed by atoms with Gasteiger partial charge in [0.2, 0.25) is 0 Å². The summed E-state index contributed by atoms with van der Waals surface area (Å²) in [6.07, 6.45) is 0. The number of halogens is 1. The van der Waals surface area contributed by atoms with Gasteiger partial charge in [0.1, 0.15) is 5.82 Å². The summed E-state index contributed by atoms with van der Waals surface area (Å²) in [6.45, 7) is 1.09. The van der Waals surface area contributed by atoms with Gasteiger partial charge < -0.3 is 5.11 Å². The van der Waals surface area contributed by atoms with Crippen LogP contribution in [0.2, 0.25) is 0 Å². The maximum Gasteiger partial charge on any atom is 0.338 e. The summed E-state index contributed by atoms with van der Waals surface area (Å²) in [7, 11) is 1.88. The van der Waals surface area contributed by atoms with E-state index >= 15 is 0 Å². The van der Waals surface area contributed by atoms with E-state index in [9.17, 15) is 9.18 Å². The molecule has 0 spiro atoms. The molecule has 0 unspecified atom stereocenters. The summed E-state index contributed by atoms with van der Waals surface area (Å²) in [5.41, 5.74) is 1.29. The highest BCUT2D eigenvalue weighted by Crippen LogP contribution is 2.16. The molecule has 0 atom stereocenters. The zero-order chi connectivity index (χ0) is 13.8. The van der Waals surface area contributed by atoms with Crippen molar-refractivity contribution in [1.29, 1.82) is 0 Å². The minimum atomic E-state index is -1.24. The van der Waals surface area contributed by atoms with Crippen LogP contribution in [0, 0.1) is 5.82 Å². The van der Waals surface area contributed by atoms with Crippen LogP contribution in [-0.2, 0) is 13.1 Å². The number of nitrogens with zero attached hydrogens (tertiary/aromatic N) is 1. The first-order valence-electron chi connectivity index (χ1n) is 5.78.